The highest BCUT2D eigenvalue weighted by molar-refractivity contribution is 6.35. The fourth-order valence-corrected chi connectivity index (χ4v) is 4.27. The van der Waals surface area contributed by atoms with Crippen molar-refractivity contribution >= 4 is 34.8 Å². The monoisotopic (exact) mass is 369 g/mol. The van der Waals surface area contributed by atoms with Crippen molar-refractivity contribution in [1.29, 1.82) is 0 Å². The molecular formula is C18H25Cl2N3O. The molecule has 0 bridgehead atoms. The van der Waals surface area contributed by atoms with Gasteiger partial charge in [-0.1, -0.05) is 30.1 Å². The number of hydrogen-bond acceptors (Lipinski definition) is 3. The SMILES string of the molecule is C[C@H]1CCN(CCN2CCC[C@H]2C(=O)Nc2cc(Cl)cc(Cl)c2)C1. The predicted molar refractivity (Wildman–Crippen MR) is 99.9 cm³/mol. The minimum Gasteiger partial charge on any atom is -0.325 e. The summed E-state index contributed by atoms with van der Waals surface area (Å²) in [7, 11) is 0. The topological polar surface area (TPSA) is 35.6 Å². The van der Waals surface area contributed by atoms with E-state index in [0.717, 1.165) is 38.4 Å². The number of anilines is 1. The van der Waals surface area contributed by atoms with Crippen LogP contribution in [-0.4, -0.2) is 54.5 Å². The first-order valence-electron chi connectivity index (χ1n) is 8.74. The number of carbonyl (C=O) groups is 1. The Morgan fingerprint density at radius 2 is 1.92 bits per heavy atom. The van der Waals surface area contributed by atoms with Gasteiger partial charge in [-0.15, -0.1) is 0 Å². The molecule has 2 heterocycles. The molecule has 0 aromatic heterocycles. The Labute approximate surface area is 154 Å². The maximum absolute atomic E-state index is 12.6. The van der Waals surface area contributed by atoms with Crippen LogP contribution in [0.4, 0.5) is 5.69 Å². The van der Waals surface area contributed by atoms with Crippen LogP contribution in [0.25, 0.3) is 0 Å². The van der Waals surface area contributed by atoms with Crippen molar-refractivity contribution < 1.29 is 4.79 Å². The number of nitrogens with zero attached hydrogens (tertiary/aromatic N) is 2. The number of benzene rings is 1. The standard InChI is InChI=1S/C18H25Cl2N3O/c1-13-4-6-22(12-13)7-8-23-5-2-3-17(23)18(24)21-16-10-14(19)9-15(20)11-16/h9-11,13,17H,2-8,12H2,1H3,(H,21,24)/t13-,17-/m0/s1. The number of halogens is 2. The summed E-state index contributed by atoms with van der Waals surface area (Å²) < 4.78 is 0. The van der Waals surface area contributed by atoms with Crippen molar-refractivity contribution in [3.63, 3.8) is 0 Å². The maximum atomic E-state index is 12.6. The Morgan fingerprint density at radius 3 is 2.58 bits per heavy atom. The Morgan fingerprint density at radius 1 is 1.17 bits per heavy atom. The number of nitrogens with one attached hydrogen (secondary N) is 1. The minimum atomic E-state index is -0.0530. The van der Waals surface area contributed by atoms with Crippen molar-refractivity contribution in [3.8, 4) is 0 Å². The second-order valence-electron chi connectivity index (χ2n) is 7.04. The summed E-state index contributed by atoms with van der Waals surface area (Å²) >= 11 is 12.0. The van der Waals surface area contributed by atoms with Gasteiger partial charge in [0, 0.05) is 35.4 Å². The van der Waals surface area contributed by atoms with Crippen LogP contribution in [0.5, 0.6) is 0 Å². The highest BCUT2D eigenvalue weighted by atomic mass is 35.5. The van der Waals surface area contributed by atoms with Crippen LogP contribution in [-0.2, 0) is 4.79 Å². The fraction of sp³-hybridized carbons (Fsp3) is 0.611. The molecule has 0 aliphatic carbocycles. The lowest BCUT2D eigenvalue weighted by Crippen LogP contribution is -2.43. The Balaban J connectivity index is 1.55. The van der Waals surface area contributed by atoms with Gasteiger partial charge in [-0.25, -0.2) is 0 Å². The quantitative estimate of drug-likeness (QED) is 0.858. The van der Waals surface area contributed by atoms with Crippen LogP contribution in [0.1, 0.15) is 26.2 Å². The van der Waals surface area contributed by atoms with Gasteiger partial charge in [0.2, 0.25) is 5.91 Å². The van der Waals surface area contributed by atoms with E-state index in [0.29, 0.717) is 15.7 Å². The molecule has 2 aliphatic rings. The molecule has 0 saturated carbocycles. The van der Waals surface area contributed by atoms with Crippen LogP contribution in [0.2, 0.25) is 10.0 Å². The third-order valence-corrected chi connectivity index (χ3v) is 5.44. The molecule has 1 N–H and O–H groups in total. The number of carbonyl (C=O) groups excluding carboxylic acids is 1. The van der Waals surface area contributed by atoms with Gasteiger partial charge in [-0.05, 0) is 56.5 Å². The van der Waals surface area contributed by atoms with Gasteiger partial charge in [0.15, 0.2) is 0 Å². The lowest BCUT2D eigenvalue weighted by Gasteiger charge is -2.26. The van der Waals surface area contributed by atoms with Gasteiger partial charge < -0.3 is 10.2 Å². The Bertz CT molecular complexity index is 575. The van der Waals surface area contributed by atoms with Crippen molar-refractivity contribution in [2.24, 2.45) is 5.92 Å². The average molecular weight is 370 g/mol. The molecule has 2 fully saturated rings. The zero-order valence-electron chi connectivity index (χ0n) is 14.1. The summed E-state index contributed by atoms with van der Waals surface area (Å²) in [4.78, 5) is 17.5. The van der Waals surface area contributed by atoms with E-state index in [4.69, 9.17) is 23.2 Å². The summed E-state index contributed by atoms with van der Waals surface area (Å²) in [6.45, 7) is 7.69. The lowest BCUT2D eigenvalue weighted by atomic mass is 10.2. The van der Waals surface area contributed by atoms with E-state index in [9.17, 15) is 4.79 Å². The van der Waals surface area contributed by atoms with Crippen molar-refractivity contribution in [1.82, 2.24) is 9.80 Å². The summed E-state index contributed by atoms with van der Waals surface area (Å²) in [5.74, 6) is 0.843. The summed E-state index contributed by atoms with van der Waals surface area (Å²) in [5, 5.41) is 4.03. The van der Waals surface area contributed by atoms with Crippen LogP contribution in [0.15, 0.2) is 18.2 Å². The van der Waals surface area contributed by atoms with Crippen molar-refractivity contribution in [2.45, 2.75) is 32.2 Å². The molecule has 1 amide bonds. The van der Waals surface area contributed by atoms with E-state index in [2.05, 4.69) is 22.0 Å². The van der Waals surface area contributed by atoms with Crippen LogP contribution >= 0.6 is 23.2 Å². The molecule has 3 rings (SSSR count). The van der Waals surface area contributed by atoms with E-state index in [1.165, 1.54) is 19.5 Å². The third kappa shape index (κ3) is 4.63. The first-order valence-corrected chi connectivity index (χ1v) is 9.50. The summed E-state index contributed by atoms with van der Waals surface area (Å²) in [5.41, 5.74) is 0.665. The molecule has 0 unspecified atom stereocenters. The molecular weight excluding hydrogens is 345 g/mol. The first-order chi connectivity index (χ1) is 11.5. The number of likely N-dealkylation sites (tertiary alicyclic amines) is 2. The van der Waals surface area contributed by atoms with E-state index < -0.39 is 0 Å². The molecule has 2 aliphatic heterocycles. The highest BCUT2D eigenvalue weighted by Crippen LogP contribution is 2.24. The predicted octanol–water partition coefficient (Wildman–Crippen LogP) is 3.74. The molecule has 2 atom stereocenters. The van der Waals surface area contributed by atoms with Gasteiger partial charge in [0.25, 0.3) is 0 Å². The van der Waals surface area contributed by atoms with Gasteiger partial charge in [0.1, 0.15) is 0 Å². The molecule has 132 valence electrons. The summed E-state index contributed by atoms with van der Waals surface area (Å²) in [6, 6.07) is 5.08. The van der Waals surface area contributed by atoms with Crippen molar-refractivity contribution in [3.05, 3.63) is 28.2 Å². The number of hydrogen-bond donors (Lipinski definition) is 1. The Hall–Kier alpha value is -0.810. The highest BCUT2D eigenvalue weighted by Gasteiger charge is 2.31. The molecule has 2 saturated heterocycles. The average Bonchev–Trinajstić information content (AvgIpc) is 3.12. The van der Waals surface area contributed by atoms with E-state index in [1.807, 2.05) is 0 Å². The minimum absolute atomic E-state index is 0.0422. The molecule has 1 aromatic carbocycles. The van der Waals surface area contributed by atoms with Crippen LogP contribution < -0.4 is 5.32 Å². The molecule has 4 nitrogen and oxygen atoms in total. The van der Waals surface area contributed by atoms with Crippen LogP contribution in [0, 0.1) is 5.92 Å². The normalized spacial score (nSPS) is 25.3. The smallest absolute Gasteiger partial charge is 0.241 e. The largest absolute Gasteiger partial charge is 0.325 e. The van der Waals surface area contributed by atoms with Gasteiger partial charge in [-0.3, -0.25) is 9.69 Å². The Kier molecular flexibility index (Phi) is 6.03. The van der Waals surface area contributed by atoms with Crippen LogP contribution in [0.3, 0.4) is 0 Å². The molecule has 1 aromatic rings. The van der Waals surface area contributed by atoms with Gasteiger partial charge in [-0.2, -0.15) is 0 Å². The zero-order valence-corrected chi connectivity index (χ0v) is 15.6. The fourth-order valence-electron chi connectivity index (χ4n) is 3.74. The lowest BCUT2D eigenvalue weighted by molar-refractivity contribution is -0.120. The van der Waals surface area contributed by atoms with Crippen molar-refractivity contribution in [2.75, 3.05) is 38.0 Å². The second kappa shape index (κ2) is 8.05. The molecule has 0 spiro atoms. The van der Waals surface area contributed by atoms with E-state index >= 15 is 0 Å². The second-order valence-corrected chi connectivity index (χ2v) is 7.91. The molecule has 24 heavy (non-hydrogen) atoms. The van der Waals surface area contributed by atoms with Gasteiger partial charge >= 0.3 is 0 Å². The summed E-state index contributed by atoms with van der Waals surface area (Å²) in [6.07, 6.45) is 3.28. The van der Waals surface area contributed by atoms with E-state index in [-0.39, 0.29) is 11.9 Å². The number of rotatable bonds is 5. The molecule has 0 radical (unpaired) electrons. The van der Waals surface area contributed by atoms with E-state index in [1.54, 1.807) is 18.2 Å². The maximum Gasteiger partial charge on any atom is 0.241 e. The third-order valence-electron chi connectivity index (χ3n) is 5.01. The van der Waals surface area contributed by atoms with Gasteiger partial charge in [0.05, 0.1) is 6.04 Å². The number of amides is 1. The zero-order chi connectivity index (χ0) is 17.1. The molecule has 6 heteroatoms. The first kappa shape index (κ1) is 18.0.